The molecule has 1 aromatic carbocycles. The van der Waals surface area contributed by atoms with Crippen molar-refractivity contribution in [3.05, 3.63) is 46.5 Å². The summed E-state index contributed by atoms with van der Waals surface area (Å²) in [6.07, 6.45) is 3.25. The summed E-state index contributed by atoms with van der Waals surface area (Å²) in [6.45, 7) is 7.39. The molecule has 0 bridgehead atoms. The van der Waals surface area contributed by atoms with Crippen molar-refractivity contribution in [2.24, 2.45) is 4.99 Å². The Balaban J connectivity index is 0.00000300. The van der Waals surface area contributed by atoms with Gasteiger partial charge in [-0.25, -0.2) is 13.8 Å². The van der Waals surface area contributed by atoms with Gasteiger partial charge in [0.2, 0.25) is 0 Å². The predicted octanol–water partition coefficient (Wildman–Crippen LogP) is 4.50. The highest BCUT2D eigenvalue weighted by Crippen LogP contribution is 2.24. The Labute approximate surface area is 192 Å². The van der Waals surface area contributed by atoms with Gasteiger partial charge in [0, 0.05) is 38.0 Å². The summed E-state index contributed by atoms with van der Waals surface area (Å²) in [5.41, 5.74) is 1.72. The highest BCUT2D eigenvalue weighted by molar-refractivity contribution is 14.0. The van der Waals surface area contributed by atoms with Crippen LogP contribution in [0.4, 0.5) is 13.9 Å². The topological polar surface area (TPSA) is 52.6 Å². The number of rotatable bonds is 7. The Bertz CT molecular complexity index is 808. The van der Waals surface area contributed by atoms with Crippen molar-refractivity contribution >= 4 is 46.4 Å². The fourth-order valence-electron chi connectivity index (χ4n) is 3.14. The maximum absolute atomic E-state index is 13.5. The van der Waals surface area contributed by atoms with Gasteiger partial charge in [-0.15, -0.1) is 35.3 Å². The minimum Gasteiger partial charge on any atom is -0.357 e. The van der Waals surface area contributed by atoms with Crippen LogP contribution in [-0.4, -0.2) is 37.1 Å². The van der Waals surface area contributed by atoms with E-state index < -0.39 is 11.6 Å². The number of thiazole rings is 1. The molecule has 1 unspecified atom stereocenters. The smallest absolute Gasteiger partial charge is 0.191 e. The van der Waals surface area contributed by atoms with Crippen molar-refractivity contribution in [2.45, 2.75) is 39.2 Å². The monoisotopic (exact) mass is 535 g/mol. The molecule has 3 rings (SSSR count). The largest absolute Gasteiger partial charge is 0.357 e. The second kappa shape index (κ2) is 11.6. The summed E-state index contributed by atoms with van der Waals surface area (Å²) in [4.78, 5) is 11.7. The molecule has 1 aromatic heterocycles. The molecular weight excluding hydrogens is 507 g/mol. The lowest BCUT2D eigenvalue weighted by molar-refractivity contribution is 0.504. The SMILES string of the molecule is CCNC(=NCCc1csc(N2CCCC2)n1)NC(C)c1ccc(F)c(F)c1.I. The summed E-state index contributed by atoms with van der Waals surface area (Å²) >= 11 is 1.70. The third-order valence-electron chi connectivity index (χ3n) is 4.70. The molecule has 2 N–H and O–H groups in total. The van der Waals surface area contributed by atoms with Crippen LogP contribution < -0.4 is 15.5 Å². The molecule has 160 valence electrons. The van der Waals surface area contributed by atoms with Crippen LogP contribution in [0.3, 0.4) is 0 Å². The van der Waals surface area contributed by atoms with Gasteiger partial charge in [-0.3, -0.25) is 4.99 Å². The molecule has 0 amide bonds. The Morgan fingerprint density at radius 1 is 1.28 bits per heavy atom. The zero-order valence-electron chi connectivity index (χ0n) is 16.8. The summed E-state index contributed by atoms with van der Waals surface area (Å²) in [5, 5.41) is 9.64. The van der Waals surface area contributed by atoms with Gasteiger partial charge < -0.3 is 15.5 Å². The van der Waals surface area contributed by atoms with Crippen molar-refractivity contribution < 1.29 is 8.78 Å². The molecule has 0 aliphatic carbocycles. The Kier molecular flexibility index (Phi) is 9.54. The number of halogens is 3. The number of hydrogen-bond donors (Lipinski definition) is 2. The van der Waals surface area contributed by atoms with Crippen LogP contribution in [0.2, 0.25) is 0 Å². The standard InChI is InChI=1S/C20H27F2N5S.HI/c1-3-23-19(25-14(2)15-6-7-17(21)18(22)12-15)24-9-8-16-13-28-20(26-16)27-10-4-5-11-27;/h6-7,12-14H,3-5,8-11H2,1-2H3,(H2,23,24,25);1H. The van der Waals surface area contributed by atoms with E-state index in [1.807, 2.05) is 13.8 Å². The number of hydrogen-bond acceptors (Lipinski definition) is 4. The highest BCUT2D eigenvalue weighted by atomic mass is 127. The first-order valence-electron chi connectivity index (χ1n) is 9.76. The summed E-state index contributed by atoms with van der Waals surface area (Å²) < 4.78 is 26.6. The van der Waals surface area contributed by atoms with Crippen LogP contribution in [0.25, 0.3) is 0 Å². The van der Waals surface area contributed by atoms with Gasteiger partial charge in [0.05, 0.1) is 11.7 Å². The minimum absolute atomic E-state index is 0. The van der Waals surface area contributed by atoms with E-state index in [1.54, 1.807) is 17.4 Å². The third kappa shape index (κ3) is 6.77. The van der Waals surface area contributed by atoms with E-state index in [0.717, 1.165) is 36.4 Å². The molecular formula is C20H28F2IN5S. The molecule has 0 radical (unpaired) electrons. The van der Waals surface area contributed by atoms with Gasteiger partial charge in [-0.1, -0.05) is 6.07 Å². The van der Waals surface area contributed by atoms with Gasteiger partial charge in [0.1, 0.15) is 0 Å². The predicted molar refractivity (Wildman–Crippen MR) is 127 cm³/mol. The lowest BCUT2D eigenvalue weighted by Crippen LogP contribution is -2.39. The molecule has 1 atom stereocenters. The third-order valence-corrected chi connectivity index (χ3v) is 5.65. The van der Waals surface area contributed by atoms with Crippen LogP contribution in [0.1, 0.15) is 44.0 Å². The van der Waals surface area contributed by atoms with Crippen LogP contribution in [0.15, 0.2) is 28.6 Å². The zero-order chi connectivity index (χ0) is 19.9. The van der Waals surface area contributed by atoms with Gasteiger partial charge in [0.25, 0.3) is 0 Å². The summed E-state index contributed by atoms with van der Waals surface area (Å²) in [6, 6.07) is 3.74. The van der Waals surface area contributed by atoms with E-state index in [1.165, 1.54) is 18.9 Å². The lowest BCUT2D eigenvalue weighted by Gasteiger charge is -2.18. The Hall–Kier alpha value is -1.49. The van der Waals surface area contributed by atoms with Crippen molar-refractivity contribution in [1.29, 1.82) is 0 Å². The number of aromatic nitrogens is 1. The van der Waals surface area contributed by atoms with Gasteiger partial charge in [-0.2, -0.15) is 0 Å². The number of nitrogens with zero attached hydrogens (tertiary/aromatic N) is 3. The van der Waals surface area contributed by atoms with Crippen molar-refractivity contribution in [2.75, 3.05) is 31.1 Å². The van der Waals surface area contributed by atoms with E-state index in [2.05, 4.69) is 25.9 Å². The molecule has 0 spiro atoms. The maximum atomic E-state index is 13.5. The maximum Gasteiger partial charge on any atom is 0.191 e. The van der Waals surface area contributed by atoms with Crippen LogP contribution in [0, 0.1) is 11.6 Å². The quantitative estimate of drug-likeness (QED) is 0.312. The van der Waals surface area contributed by atoms with Crippen molar-refractivity contribution in [3.8, 4) is 0 Å². The zero-order valence-corrected chi connectivity index (χ0v) is 19.9. The number of benzene rings is 1. The Morgan fingerprint density at radius 2 is 2.03 bits per heavy atom. The van der Waals surface area contributed by atoms with E-state index in [9.17, 15) is 8.78 Å². The number of aliphatic imine (C=N–C) groups is 1. The van der Waals surface area contributed by atoms with E-state index in [-0.39, 0.29) is 30.0 Å². The molecule has 1 aliphatic heterocycles. The molecule has 1 fully saturated rings. The fraction of sp³-hybridized carbons (Fsp3) is 0.500. The van der Waals surface area contributed by atoms with E-state index >= 15 is 0 Å². The minimum atomic E-state index is -0.842. The molecule has 0 saturated carbocycles. The number of guanidine groups is 1. The molecule has 29 heavy (non-hydrogen) atoms. The number of anilines is 1. The highest BCUT2D eigenvalue weighted by Gasteiger charge is 2.15. The molecule has 1 saturated heterocycles. The normalized spacial score (nSPS) is 15.2. The van der Waals surface area contributed by atoms with Crippen LogP contribution >= 0.6 is 35.3 Å². The van der Waals surface area contributed by atoms with Crippen LogP contribution in [-0.2, 0) is 6.42 Å². The molecule has 2 heterocycles. The average Bonchev–Trinajstić information content (AvgIpc) is 3.35. The van der Waals surface area contributed by atoms with E-state index in [0.29, 0.717) is 24.6 Å². The molecule has 1 aliphatic rings. The van der Waals surface area contributed by atoms with Crippen molar-refractivity contribution in [3.63, 3.8) is 0 Å². The average molecular weight is 535 g/mol. The van der Waals surface area contributed by atoms with Crippen LogP contribution in [0.5, 0.6) is 0 Å². The second-order valence-corrected chi connectivity index (χ2v) is 7.70. The van der Waals surface area contributed by atoms with Gasteiger partial charge in [-0.05, 0) is 44.4 Å². The Morgan fingerprint density at radius 3 is 2.72 bits per heavy atom. The first-order chi connectivity index (χ1) is 13.6. The summed E-state index contributed by atoms with van der Waals surface area (Å²) in [5.74, 6) is -1.03. The number of nitrogens with one attached hydrogen (secondary N) is 2. The van der Waals surface area contributed by atoms with Gasteiger partial charge >= 0.3 is 0 Å². The van der Waals surface area contributed by atoms with Gasteiger partial charge in [0.15, 0.2) is 22.7 Å². The summed E-state index contributed by atoms with van der Waals surface area (Å²) in [7, 11) is 0. The van der Waals surface area contributed by atoms with Crippen molar-refractivity contribution in [1.82, 2.24) is 15.6 Å². The first kappa shape index (κ1) is 23.8. The molecule has 2 aromatic rings. The van der Waals surface area contributed by atoms with E-state index in [4.69, 9.17) is 4.98 Å². The molecule has 9 heteroatoms. The lowest BCUT2D eigenvalue weighted by atomic mass is 10.1. The molecule has 5 nitrogen and oxygen atoms in total. The first-order valence-corrected chi connectivity index (χ1v) is 10.6. The fourth-order valence-corrected chi connectivity index (χ4v) is 4.05. The second-order valence-electron chi connectivity index (χ2n) is 6.87.